The van der Waals surface area contributed by atoms with Gasteiger partial charge in [0.15, 0.2) is 0 Å². The van der Waals surface area contributed by atoms with Crippen LogP contribution in [-0.2, 0) is 16.1 Å². The number of hydrogen-bond acceptors (Lipinski definition) is 4. The Balaban J connectivity index is 2.37. The summed E-state index contributed by atoms with van der Waals surface area (Å²) < 4.78 is 5.19. The molecule has 0 saturated carbocycles. The van der Waals surface area contributed by atoms with Crippen molar-refractivity contribution in [1.82, 2.24) is 5.43 Å². The molecule has 0 bridgehead atoms. The molecule has 0 aliphatic rings. The number of nitrogens with one attached hydrogen (secondary N) is 1. The van der Waals surface area contributed by atoms with Crippen molar-refractivity contribution in [3.05, 3.63) is 29.8 Å². The number of carbonyl (C=O) groups excluding carboxylic acids is 1. The monoisotopic (exact) mass is 254 g/mol. The molecule has 1 aromatic carbocycles. The molecule has 0 spiro atoms. The van der Waals surface area contributed by atoms with Gasteiger partial charge in [0.05, 0.1) is 6.61 Å². The quantitative estimate of drug-likeness (QED) is 0.351. The van der Waals surface area contributed by atoms with Crippen molar-refractivity contribution >= 4 is 17.7 Å². The first-order valence-electron chi connectivity index (χ1n) is 5.44. The van der Waals surface area contributed by atoms with Gasteiger partial charge in [0, 0.05) is 10.1 Å². The molecule has 5 heteroatoms. The molecular weight excluding hydrogens is 236 g/mol. The first kappa shape index (κ1) is 14.0. The molecule has 1 aromatic rings. The van der Waals surface area contributed by atoms with Crippen LogP contribution < -0.4 is 11.3 Å². The van der Waals surface area contributed by atoms with E-state index in [-0.39, 0.29) is 12.5 Å². The minimum Gasteiger partial charge on any atom is -0.367 e. The van der Waals surface area contributed by atoms with Gasteiger partial charge in [0.25, 0.3) is 5.91 Å². The van der Waals surface area contributed by atoms with E-state index < -0.39 is 0 Å². The van der Waals surface area contributed by atoms with E-state index in [2.05, 4.69) is 26.0 Å². The van der Waals surface area contributed by atoms with Gasteiger partial charge in [-0.15, -0.1) is 11.8 Å². The summed E-state index contributed by atoms with van der Waals surface area (Å²) in [6.45, 7) is 4.72. The standard InChI is InChI=1S/C12H18N2O2S/c1-9(2)17-11-5-3-10(4-6-11)7-16-8-12(15)14-13/h3-6,9H,7-8,13H2,1-2H3,(H,14,15). The summed E-state index contributed by atoms with van der Waals surface area (Å²) in [4.78, 5) is 12.1. The lowest BCUT2D eigenvalue weighted by Gasteiger charge is -2.06. The Hall–Kier alpha value is -1.04. The fraction of sp³-hybridized carbons (Fsp3) is 0.417. The second-order valence-electron chi connectivity index (χ2n) is 3.87. The molecule has 17 heavy (non-hydrogen) atoms. The van der Waals surface area contributed by atoms with Crippen LogP contribution in [-0.4, -0.2) is 17.8 Å². The van der Waals surface area contributed by atoms with Crippen molar-refractivity contribution in [2.75, 3.05) is 6.61 Å². The predicted molar refractivity (Wildman–Crippen MR) is 69.4 cm³/mol. The predicted octanol–water partition coefficient (Wildman–Crippen LogP) is 1.69. The number of thioether (sulfide) groups is 1. The maximum atomic E-state index is 10.8. The largest absolute Gasteiger partial charge is 0.367 e. The maximum Gasteiger partial charge on any atom is 0.259 e. The second-order valence-corrected chi connectivity index (χ2v) is 5.52. The van der Waals surface area contributed by atoms with Gasteiger partial charge in [-0.25, -0.2) is 5.84 Å². The minimum absolute atomic E-state index is 0.0149. The summed E-state index contributed by atoms with van der Waals surface area (Å²) in [5, 5.41) is 0.574. The Bertz CT molecular complexity index is 352. The highest BCUT2D eigenvalue weighted by atomic mass is 32.2. The third kappa shape index (κ3) is 5.72. The van der Waals surface area contributed by atoms with Crippen LogP contribution >= 0.6 is 11.8 Å². The van der Waals surface area contributed by atoms with Crippen molar-refractivity contribution in [1.29, 1.82) is 0 Å². The fourth-order valence-electron chi connectivity index (χ4n) is 1.24. The highest BCUT2D eigenvalue weighted by Gasteiger charge is 2.01. The zero-order chi connectivity index (χ0) is 12.7. The summed E-state index contributed by atoms with van der Waals surface area (Å²) >= 11 is 1.82. The van der Waals surface area contributed by atoms with Crippen molar-refractivity contribution in [2.45, 2.75) is 30.6 Å². The van der Waals surface area contributed by atoms with Crippen LogP contribution in [0.1, 0.15) is 19.4 Å². The first-order valence-corrected chi connectivity index (χ1v) is 6.32. The van der Waals surface area contributed by atoms with Crippen LogP contribution in [0.5, 0.6) is 0 Å². The number of benzene rings is 1. The molecule has 0 radical (unpaired) electrons. The van der Waals surface area contributed by atoms with Crippen LogP contribution in [0.4, 0.5) is 0 Å². The second kappa shape index (κ2) is 7.32. The number of carbonyl (C=O) groups is 1. The fourth-order valence-corrected chi connectivity index (χ4v) is 2.08. The van der Waals surface area contributed by atoms with Crippen molar-refractivity contribution < 1.29 is 9.53 Å². The Labute approximate surface area is 106 Å². The van der Waals surface area contributed by atoms with Crippen LogP contribution in [0.2, 0.25) is 0 Å². The van der Waals surface area contributed by atoms with E-state index in [9.17, 15) is 4.79 Å². The van der Waals surface area contributed by atoms with Gasteiger partial charge in [0.2, 0.25) is 0 Å². The van der Waals surface area contributed by atoms with Crippen LogP contribution in [0, 0.1) is 0 Å². The Morgan fingerprint density at radius 1 is 1.41 bits per heavy atom. The van der Waals surface area contributed by atoms with Crippen LogP contribution in [0.15, 0.2) is 29.2 Å². The SMILES string of the molecule is CC(C)Sc1ccc(COCC(=O)NN)cc1. The molecule has 0 aromatic heterocycles. The van der Waals surface area contributed by atoms with Gasteiger partial charge < -0.3 is 4.74 Å². The molecule has 0 fully saturated rings. The van der Waals surface area contributed by atoms with Gasteiger partial charge in [-0.05, 0) is 17.7 Å². The lowest BCUT2D eigenvalue weighted by atomic mass is 10.2. The summed E-state index contributed by atoms with van der Waals surface area (Å²) in [6, 6.07) is 8.13. The molecule has 0 unspecified atom stereocenters. The lowest BCUT2D eigenvalue weighted by molar-refractivity contribution is -0.126. The number of ether oxygens (including phenoxy) is 1. The summed E-state index contributed by atoms with van der Waals surface area (Å²) in [7, 11) is 0. The summed E-state index contributed by atoms with van der Waals surface area (Å²) in [5.74, 6) is 4.61. The topological polar surface area (TPSA) is 64.3 Å². The average molecular weight is 254 g/mol. The van der Waals surface area contributed by atoms with E-state index in [4.69, 9.17) is 10.6 Å². The average Bonchev–Trinajstić information content (AvgIpc) is 2.30. The van der Waals surface area contributed by atoms with E-state index in [0.717, 1.165) is 5.56 Å². The number of rotatable bonds is 6. The van der Waals surface area contributed by atoms with Gasteiger partial charge >= 0.3 is 0 Å². The molecule has 1 rings (SSSR count). The van der Waals surface area contributed by atoms with E-state index in [1.54, 1.807) is 0 Å². The zero-order valence-corrected chi connectivity index (χ0v) is 10.9. The smallest absolute Gasteiger partial charge is 0.259 e. The highest BCUT2D eigenvalue weighted by Crippen LogP contribution is 2.22. The van der Waals surface area contributed by atoms with Gasteiger partial charge in [-0.2, -0.15) is 0 Å². The number of hydrogen-bond donors (Lipinski definition) is 2. The highest BCUT2D eigenvalue weighted by molar-refractivity contribution is 7.99. The molecule has 3 N–H and O–H groups in total. The molecular formula is C12H18N2O2S. The Morgan fingerprint density at radius 2 is 2.06 bits per heavy atom. The first-order chi connectivity index (χ1) is 8.11. The normalized spacial score (nSPS) is 10.6. The molecule has 1 amide bonds. The molecule has 4 nitrogen and oxygen atoms in total. The Kier molecular flexibility index (Phi) is 6.04. The molecule has 0 aliphatic heterocycles. The summed E-state index contributed by atoms with van der Waals surface area (Å²) in [5.41, 5.74) is 3.06. The molecule has 94 valence electrons. The molecule has 0 aliphatic carbocycles. The molecule has 0 atom stereocenters. The minimum atomic E-state index is -0.322. The van der Waals surface area contributed by atoms with E-state index in [1.807, 2.05) is 29.3 Å². The van der Waals surface area contributed by atoms with E-state index >= 15 is 0 Å². The number of hydrazine groups is 1. The Morgan fingerprint density at radius 3 is 2.59 bits per heavy atom. The van der Waals surface area contributed by atoms with Gasteiger partial charge in [0.1, 0.15) is 6.61 Å². The zero-order valence-electron chi connectivity index (χ0n) is 10.1. The molecule has 0 heterocycles. The number of amides is 1. The lowest BCUT2D eigenvalue weighted by Crippen LogP contribution is -2.33. The van der Waals surface area contributed by atoms with Crippen LogP contribution in [0.3, 0.4) is 0 Å². The third-order valence-electron chi connectivity index (χ3n) is 1.96. The van der Waals surface area contributed by atoms with Gasteiger partial charge in [-0.1, -0.05) is 26.0 Å². The van der Waals surface area contributed by atoms with Gasteiger partial charge in [-0.3, -0.25) is 10.2 Å². The third-order valence-corrected chi connectivity index (χ3v) is 2.97. The summed E-state index contributed by atoms with van der Waals surface area (Å²) in [6.07, 6.45) is 0. The molecule has 0 saturated heterocycles. The van der Waals surface area contributed by atoms with Crippen LogP contribution in [0.25, 0.3) is 0 Å². The van der Waals surface area contributed by atoms with Crippen molar-refractivity contribution in [3.8, 4) is 0 Å². The van der Waals surface area contributed by atoms with E-state index in [1.165, 1.54) is 4.90 Å². The number of nitrogens with two attached hydrogens (primary N) is 1. The maximum absolute atomic E-state index is 10.8. The van der Waals surface area contributed by atoms with E-state index in [0.29, 0.717) is 11.9 Å². The van der Waals surface area contributed by atoms with Crippen molar-refractivity contribution in [2.24, 2.45) is 5.84 Å². The van der Waals surface area contributed by atoms with Crippen molar-refractivity contribution in [3.63, 3.8) is 0 Å².